The highest BCUT2D eigenvalue weighted by atomic mass is 35.5. The highest BCUT2D eigenvalue weighted by molar-refractivity contribution is 7.87. The summed E-state index contributed by atoms with van der Waals surface area (Å²) in [6.45, 7) is 0. The first kappa shape index (κ1) is 20.9. The Kier molecular flexibility index (Phi) is 5.64. The van der Waals surface area contributed by atoms with Crippen LogP contribution < -0.4 is 14.8 Å². The van der Waals surface area contributed by atoms with Crippen LogP contribution in [0.5, 0.6) is 0 Å². The van der Waals surface area contributed by atoms with E-state index in [9.17, 15) is 17.6 Å². The van der Waals surface area contributed by atoms with Gasteiger partial charge in [-0.15, -0.1) is 11.3 Å². The van der Waals surface area contributed by atoms with Crippen molar-refractivity contribution < 1.29 is 17.6 Å². The Morgan fingerprint density at radius 2 is 2.13 bits per heavy atom. The predicted molar refractivity (Wildman–Crippen MR) is 113 cm³/mol. The van der Waals surface area contributed by atoms with Crippen LogP contribution in [0.3, 0.4) is 0 Å². The van der Waals surface area contributed by atoms with Gasteiger partial charge in [0.1, 0.15) is 11.9 Å². The van der Waals surface area contributed by atoms with Gasteiger partial charge in [-0.2, -0.15) is 17.9 Å². The lowest BCUT2D eigenvalue weighted by Gasteiger charge is -2.29. The third kappa shape index (κ3) is 4.55. The van der Waals surface area contributed by atoms with Gasteiger partial charge in [0.15, 0.2) is 0 Å². The van der Waals surface area contributed by atoms with Gasteiger partial charge in [0.2, 0.25) is 5.91 Å². The topological polar surface area (TPSA) is 105 Å². The van der Waals surface area contributed by atoms with E-state index >= 15 is 0 Å². The molecule has 0 radical (unpaired) electrons. The van der Waals surface area contributed by atoms with Gasteiger partial charge in [0.25, 0.3) is 10.2 Å². The number of imidazole rings is 1. The summed E-state index contributed by atoms with van der Waals surface area (Å²) in [5, 5.41) is 2.43. The van der Waals surface area contributed by atoms with Crippen molar-refractivity contribution in [2.24, 2.45) is 7.05 Å². The molecule has 3 heterocycles. The molecule has 4 rings (SSSR count). The second kappa shape index (κ2) is 8.08. The SMILES string of the molecule is Cn1cnc(-c2ccc(C3CC(C(=O)Nc4ccc(F)c(Cl)c4)NS(=O)(=O)N3)s2)c1. The quantitative estimate of drug-likeness (QED) is 0.546. The van der Waals surface area contributed by atoms with Gasteiger partial charge in [0, 0.05) is 23.8 Å². The number of thiophene rings is 1. The van der Waals surface area contributed by atoms with E-state index in [0.29, 0.717) is 0 Å². The largest absolute Gasteiger partial charge is 0.340 e. The number of hydrogen-bond acceptors (Lipinski definition) is 5. The summed E-state index contributed by atoms with van der Waals surface area (Å²) >= 11 is 7.14. The molecule has 1 aliphatic heterocycles. The van der Waals surface area contributed by atoms with Crippen molar-refractivity contribution in [2.45, 2.75) is 18.5 Å². The molecule has 1 aliphatic rings. The van der Waals surface area contributed by atoms with Gasteiger partial charge in [0.05, 0.1) is 28.0 Å². The number of aromatic nitrogens is 2. The number of nitrogens with one attached hydrogen (secondary N) is 3. The van der Waals surface area contributed by atoms with Crippen molar-refractivity contribution in [3.05, 3.63) is 58.6 Å². The Bertz CT molecular complexity index is 1210. The van der Waals surface area contributed by atoms with Crippen LogP contribution >= 0.6 is 22.9 Å². The molecule has 0 saturated carbocycles. The predicted octanol–water partition coefficient (Wildman–Crippen LogP) is 2.82. The third-order valence-corrected chi connectivity index (χ3v) is 7.20. The van der Waals surface area contributed by atoms with Crippen LogP contribution in [0.25, 0.3) is 10.6 Å². The summed E-state index contributed by atoms with van der Waals surface area (Å²) in [6.07, 6.45) is 3.75. The molecule has 2 atom stereocenters. The molecule has 0 spiro atoms. The van der Waals surface area contributed by atoms with Gasteiger partial charge in [-0.05, 0) is 36.8 Å². The van der Waals surface area contributed by atoms with E-state index in [0.717, 1.165) is 21.5 Å². The smallest absolute Gasteiger partial charge is 0.278 e. The first-order valence-electron chi connectivity index (χ1n) is 8.84. The van der Waals surface area contributed by atoms with Crippen LogP contribution in [0, 0.1) is 5.82 Å². The van der Waals surface area contributed by atoms with E-state index in [2.05, 4.69) is 19.7 Å². The fourth-order valence-corrected chi connectivity index (χ4v) is 5.63. The normalized spacial score (nSPS) is 20.8. The molecular weight excluding hydrogens is 453 g/mol. The molecule has 0 aliphatic carbocycles. The average Bonchev–Trinajstić information content (AvgIpc) is 3.32. The van der Waals surface area contributed by atoms with Crippen molar-refractivity contribution in [3.63, 3.8) is 0 Å². The summed E-state index contributed by atoms with van der Waals surface area (Å²) < 4.78 is 44.6. The molecule has 1 amide bonds. The van der Waals surface area contributed by atoms with Crippen LogP contribution in [-0.2, 0) is 22.1 Å². The van der Waals surface area contributed by atoms with Crippen molar-refractivity contribution in [1.29, 1.82) is 0 Å². The second-order valence-electron chi connectivity index (χ2n) is 6.82. The zero-order valence-corrected chi connectivity index (χ0v) is 18.0. The average molecular weight is 470 g/mol. The van der Waals surface area contributed by atoms with Gasteiger partial charge >= 0.3 is 0 Å². The van der Waals surface area contributed by atoms with Crippen LogP contribution in [0.1, 0.15) is 17.3 Å². The summed E-state index contributed by atoms with van der Waals surface area (Å²) in [7, 11) is -2.03. The van der Waals surface area contributed by atoms with E-state index in [-0.39, 0.29) is 17.1 Å². The van der Waals surface area contributed by atoms with Gasteiger partial charge in [-0.25, -0.2) is 9.37 Å². The Balaban J connectivity index is 1.52. The highest BCUT2D eigenvalue weighted by Gasteiger charge is 2.36. The zero-order valence-electron chi connectivity index (χ0n) is 15.6. The Labute approximate surface area is 181 Å². The number of benzene rings is 1. The molecule has 1 fully saturated rings. The van der Waals surface area contributed by atoms with Gasteiger partial charge in [-0.3, -0.25) is 4.79 Å². The van der Waals surface area contributed by atoms with Crippen LogP contribution in [0.2, 0.25) is 5.02 Å². The van der Waals surface area contributed by atoms with Crippen molar-refractivity contribution >= 4 is 44.7 Å². The third-order valence-electron chi connectivity index (χ3n) is 4.50. The van der Waals surface area contributed by atoms with E-state index in [1.165, 1.54) is 23.5 Å². The van der Waals surface area contributed by atoms with Crippen LogP contribution in [-0.4, -0.2) is 29.9 Å². The minimum absolute atomic E-state index is 0.141. The molecule has 158 valence electrons. The number of hydrogen-bond donors (Lipinski definition) is 3. The standard InChI is InChI=1S/C18H17ClFN5O3S2/c1-25-8-15(21-9-25)17-5-4-16(29-17)13-7-14(24-30(27,28)23-13)18(26)22-10-2-3-12(20)11(19)6-10/h2-6,8-9,13-14,23-24H,7H2,1H3,(H,22,26). The number of halogens is 2. The lowest BCUT2D eigenvalue weighted by molar-refractivity contribution is -0.118. The number of carbonyl (C=O) groups excluding carboxylic acids is 1. The molecule has 3 N–H and O–H groups in total. The van der Waals surface area contributed by atoms with E-state index < -0.39 is 34.0 Å². The molecule has 3 aromatic rings. The first-order valence-corrected chi connectivity index (χ1v) is 11.5. The van der Waals surface area contributed by atoms with E-state index in [4.69, 9.17) is 11.6 Å². The maximum atomic E-state index is 13.3. The van der Waals surface area contributed by atoms with Gasteiger partial charge in [-0.1, -0.05) is 11.6 Å². The molecule has 1 aromatic carbocycles. The van der Waals surface area contributed by atoms with Crippen molar-refractivity contribution in [3.8, 4) is 10.6 Å². The molecule has 12 heteroatoms. The zero-order chi connectivity index (χ0) is 21.5. The maximum absolute atomic E-state index is 13.3. The maximum Gasteiger partial charge on any atom is 0.278 e. The minimum atomic E-state index is -3.89. The summed E-state index contributed by atoms with van der Waals surface area (Å²) in [5.74, 6) is -1.17. The Morgan fingerprint density at radius 3 is 2.83 bits per heavy atom. The fraction of sp³-hybridized carbons (Fsp3) is 0.222. The number of amides is 1. The van der Waals surface area contributed by atoms with Crippen LogP contribution in [0.15, 0.2) is 42.9 Å². The monoisotopic (exact) mass is 469 g/mol. The molecular formula is C18H17ClFN5O3S2. The van der Waals surface area contributed by atoms with E-state index in [1.807, 2.05) is 29.9 Å². The van der Waals surface area contributed by atoms with Crippen molar-refractivity contribution in [2.75, 3.05) is 5.32 Å². The molecule has 8 nitrogen and oxygen atoms in total. The lowest BCUT2D eigenvalue weighted by atomic mass is 10.1. The Morgan fingerprint density at radius 1 is 1.33 bits per heavy atom. The summed E-state index contributed by atoms with van der Waals surface area (Å²) in [5.41, 5.74) is 1.06. The summed E-state index contributed by atoms with van der Waals surface area (Å²) in [6, 6.07) is 5.84. The molecule has 0 bridgehead atoms. The number of carbonyl (C=O) groups is 1. The first-order chi connectivity index (χ1) is 14.2. The highest BCUT2D eigenvalue weighted by Crippen LogP contribution is 2.34. The number of nitrogens with zero attached hydrogens (tertiary/aromatic N) is 2. The molecule has 2 unspecified atom stereocenters. The van der Waals surface area contributed by atoms with Crippen LogP contribution in [0.4, 0.5) is 10.1 Å². The number of rotatable bonds is 4. The molecule has 2 aromatic heterocycles. The lowest BCUT2D eigenvalue weighted by Crippen LogP contribution is -2.55. The number of anilines is 1. The Hall–Kier alpha value is -2.31. The van der Waals surface area contributed by atoms with E-state index in [1.54, 1.807) is 6.33 Å². The molecule has 1 saturated heterocycles. The fourth-order valence-electron chi connectivity index (χ4n) is 3.10. The van der Waals surface area contributed by atoms with Gasteiger partial charge < -0.3 is 9.88 Å². The second-order valence-corrected chi connectivity index (χ2v) is 9.83. The minimum Gasteiger partial charge on any atom is -0.340 e. The summed E-state index contributed by atoms with van der Waals surface area (Å²) in [4.78, 5) is 18.6. The number of aryl methyl sites for hydroxylation is 1. The van der Waals surface area contributed by atoms with Crippen molar-refractivity contribution in [1.82, 2.24) is 19.0 Å². The molecule has 30 heavy (non-hydrogen) atoms.